The smallest absolute Gasteiger partial charge is 0.407 e. The lowest BCUT2D eigenvalue weighted by Gasteiger charge is -2.19. The second-order valence-electron chi connectivity index (χ2n) is 3.97. The number of para-hydroxylation sites is 2. The molecule has 0 aromatic heterocycles. The monoisotopic (exact) mass is 267 g/mol. The van der Waals surface area contributed by atoms with Crippen LogP contribution < -0.4 is 10.5 Å². The minimum Gasteiger partial charge on any atom is -0.457 e. The molecule has 0 spiro atoms. The highest BCUT2D eigenvalue weighted by atomic mass is 19.4. The fourth-order valence-electron chi connectivity index (χ4n) is 1.62. The van der Waals surface area contributed by atoms with E-state index >= 15 is 0 Å². The Morgan fingerprint density at radius 1 is 0.895 bits per heavy atom. The average Bonchev–Trinajstić information content (AvgIpc) is 2.39. The van der Waals surface area contributed by atoms with Gasteiger partial charge in [0.2, 0.25) is 0 Å². The molecule has 2 aromatic carbocycles. The summed E-state index contributed by atoms with van der Waals surface area (Å²) in [6.07, 6.45) is -4.50. The van der Waals surface area contributed by atoms with Crippen LogP contribution in [-0.2, 0) is 0 Å². The van der Waals surface area contributed by atoms with E-state index in [-0.39, 0.29) is 11.3 Å². The molecule has 0 heterocycles. The zero-order valence-electron chi connectivity index (χ0n) is 9.89. The van der Waals surface area contributed by atoms with Gasteiger partial charge in [-0.15, -0.1) is 0 Å². The van der Waals surface area contributed by atoms with E-state index in [4.69, 9.17) is 10.5 Å². The van der Waals surface area contributed by atoms with E-state index in [1.165, 1.54) is 18.2 Å². The van der Waals surface area contributed by atoms with Crippen LogP contribution >= 0.6 is 0 Å². The molecule has 100 valence electrons. The van der Waals surface area contributed by atoms with E-state index in [1.807, 2.05) is 0 Å². The van der Waals surface area contributed by atoms with Gasteiger partial charge in [-0.25, -0.2) is 0 Å². The number of alkyl halides is 3. The van der Waals surface area contributed by atoms with E-state index in [1.54, 1.807) is 36.4 Å². The molecule has 0 aliphatic carbocycles. The van der Waals surface area contributed by atoms with Crippen molar-refractivity contribution in [2.24, 2.45) is 5.73 Å². The summed E-state index contributed by atoms with van der Waals surface area (Å²) in [5.74, 6) is 0.572. The first-order valence-corrected chi connectivity index (χ1v) is 5.62. The van der Waals surface area contributed by atoms with Crippen molar-refractivity contribution in [2.75, 3.05) is 0 Å². The summed E-state index contributed by atoms with van der Waals surface area (Å²) in [5.41, 5.74) is 5.14. The van der Waals surface area contributed by atoms with E-state index < -0.39 is 12.2 Å². The predicted molar refractivity (Wildman–Crippen MR) is 65.9 cm³/mol. The Labute approximate surface area is 108 Å². The molecule has 5 heteroatoms. The van der Waals surface area contributed by atoms with Gasteiger partial charge in [0.05, 0.1) is 0 Å². The largest absolute Gasteiger partial charge is 0.457 e. The van der Waals surface area contributed by atoms with Crippen LogP contribution in [0.2, 0.25) is 0 Å². The quantitative estimate of drug-likeness (QED) is 0.910. The van der Waals surface area contributed by atoms with Gasteiger partial charge >= 0.3 is 6.18 Å². The Morgan fingerprint density at radius 3 is 2.11 bits per heavy atom. The highest BCUT2D eigenvalue weighted by molar-refractivity contribution is 5.40. The van der Waals surface area contributed by atoms with Gasteiger partial charge in [-0.1, -0.05) is 36.4 Å². The summed E-state index contributed by atoms with van der Waals surface area (Å²) in [6.45, 7) is 0. The molecule has 2 N–H and O–H groups in total. The molecule has 2 aromatic rings. The molecule has 19 heavy (non-hydrogen) atoms. The van der Waals surface area contributed by atoms with Crippen molar-refractivity contribution in [3.05, 3.63) is 60.2 Å². The molecule has 2 rings (SSSR count). The van der Waals surface area contributed by atoms with Crippen LogP contribution in [0.5, 0.6) is 11.5 Å². The van der Waals surface area contributed by atoms with E-state index in [2.05, 4.69) is 0 Å². The Morgan fingerprint density at radius 2 is 1.47 bits per heavy atom. The summed E-state index contributed by atoms with van der Waals surface area (Å²) in [5, 5.41) is 0. The Balaban J connectivity index is 2.32. The third-order valence-corrected chi connectivity index (χ3v) is 2.58. The summed E-state index contributed by atoms with van der Waals surface area (Å²) >= 11 is 0. The Kier molecular flexibility index (Phi) is 3.76. The third kappa shape index (κ3) is 3.26. The van der Waals surface area contributed by atoms with Gasteiger partial charge < -0.3 is 10.5 Å². The molecule has 0 unspecified atom stereocenters. The van der Waals surface area contributed by atoms with Gasteiger partial charge in [0.15, 0.2) is 0 Å². The molecular formula is C14H12F3NO. The lowest BCUT2D eigenvalue weighted by atomic mass is 10.1. The van der Waals surface area contributed by atoms with Crippen molar-refractivity contribution >= 4 is 0 Å². The maximum Gasteiger partial charge on any atom is 0.407 e. The summed E-state index contributed by atoms with van der Waals surface area (Å²) in [7, 11) is 0. The first kappa shape index (κ1) is 13.4. The molecule has 1 atom stereocenters. The number of benzene rings is 2. The minimum absolute atomic E-state index is 0.0844. The molecule has 0 fully saturated rings. The van der Waals surface area contributed by atoms with Gasteiger partial charge in [-0.05, 0) is 18.2 Å². The number of ether oxygens (including phenoxy) is 1. The molecule has 2 nitrogen and oxygen atoms in total. The molecule has 0 radical (unpaired) electrons. The third-order valence-electron chi connectivity index (χ3n) is 2.58. The van der Waals surface area contributed by atoms with E-state index in [0.717, 1.165) is 0 Å². The standard InChI is InChI=1S/C14H12F3NO/c15-14(16,17)13(18)11-8-4-5-9-12(11)19-10-6-2-1-3-7-10/h1-9,13H,18H2/t13-/m0/s1. The van der Waals surface area contributed by atoms with Gasteiger partial charge in [0, 0.05) is 5.56 Å². The molecule has 0 saturated heterocycles. The fraction of sp³-hybridized carbons (Fsp3) is 0.143. The number of hydrogen-bond donors (Lipinski definition) is 1. The first-order chi connectivity index (χ1) is 8.98. The van der Waals surface area contributed by atoms with Crippen LogP contribution in [0.4, 0.5) is 13.2 Å². The molecule has 0 saturated carbocycles. The van der Waals surface area contributed by atoms with Gasteiger partial charge in [-0.2, -0.15) is 13.2 Å². The van der Waals surface area contributed by atoms with Crippen molar-refractivity contribution in [1.82, 2.24) is 0 Å². The predicted octanol–water partition coefficient (Wildman–Crippen LogP) is 4.04. The van der Waals surface area contributed by atoms with Crippen LogP contribution in [0.3, 0.4) is 0 Å². The normalized spacial score (nSPS) is 13.1. The Bertz CT molecular complexity index is 540. The molecule has 0 aliphatic rings. The molecule has 0 aliphatic heterocycles. The topological polar surface area (TPSA) is 35.2 Å². The summed E-state index contributed by atoms with van der Waals surface area (Å²) in [6, 6.07) is 12.4. The zero-order valence-corrected chi connectivity index (χ0v) is 9.89. The summed E-state index contributed by atoms with van der Waals surface area (Å²) in [4.78, 5) is 0. The summed E-state index contributed by atoms with van der Waals surface area (Å²) < 4.78 is 43.5. The molecule has 0 bridgehead atoms. The maximum atomic E-state index is 12.7. The SMILES string of the molecule is N[C@@H](c1ccccc1Oc1ccccc1)C(F)(F)F. The first-order valence-electron chi connectivity index (χ1n) is 5.62. The van der Waals surface area contributed by atoms with Crippen LogP contribution in [0.1, 0.15) is 11.6 Å². The van der Waals surface area contributed by atoms with Crippen LogP contribution in [0, 0.1) is 0 Å². The Hall–Kier alpha value is -2.01. The molecular weight excluding hydrogens is 255 g/mol. The highest BCUT2D eigenvalue weighted by Gasteiger charge is 2.39. The van der Waals surface area contributed by atoms with Crippen LogP contribution in [0.15, 0.2) is 54.6 Å². The van der Waals surface area contributed by atoms with Crippen molar-refractivity contribution in [2.45, 2.75) is 12.2 Å². The lowest BCUT2D eigenvalue weighted by Crippen LogP contribution is -2.28. The van der Waals surface area contributed by atoms with Crippen molar-refractivity contribution in [3.8, 4) is 11.5 Å². The van der Waals surface area contributed by atoms with Crippen molar-refractivity contribution in [1.29, 1.82) is 0 Å². The highest BCUT2D eigenvalue weighted by Crippen LogP contribution is 2.36. The number of rotatable bonds is 3. The second-order valence-corrected chi connectivity index (χ2v) is 3.97. The van der Waals surface area contributed by atoms with Crippen LogP contribution in [0.25, 0.3) is 0 Å². The van der Waals surface area contributed by atoms with Gasteiger partial charge in [0.25, 0.3) is 0 Å². The van der Waals surface area contributed by atoms with Gasteiger partial charge in [-0.3, -0.25) is 0 Å². The zero-order chi connectivity index (χ0) is 13.9. The minimum atomic E-state index is -4.50. The van der Waals surface area contributed by atoms with E-state index in [9.17, 15) is 13.2 Å². The average molecular weight is 267 g/mol. The van der Waals surface area contributed by atoms with Crippen molar-refractivity contribution in [3.63, 3.8) is 0 Å². The number of hydrogen-bond acceptors (Lipinski definition) is 2. The van der Waals surface area contributed by atoms with Crippen molar-refractivity contribution < 1.29 is 17.9 Å². The molecule has 0 amide bonds. The lowest BCUT2D eigenvalue weighted by molar-refractivity contribution is -0.149. The van der Waals surface area contributed by atoms with E-state index in [0.29, 0.717) is 5.75 Å². The maximum absolute atomic E-state index is 12.7. The number of nitrogens with two attached hydrogens (primary N) is 1. The van der Waals surface area contributed by atoms with Gasteiger partial charge in [0.1, 0.15) is 17.5 Å². The second kappa shape index (κ2) is 5.32. The fourth-order valence-corrected chi connectivity index (χ4v) is 1.62. The number of halogens is 3. The van der Waals surface area contributed by atoms with Crippen LogP contribution in [-0.4, -0.2) is 6.18 Å².